The molecule has 2 aromatic carbocycles. The third-order valence-electron chi connectivity index (χ3n) is 4.45. The summed E-state index contributed by atoms with van der Waals surface area (Å²) in [6.07, 6.45) is 1.75. The Hall–Kier alpha value is -1.33. The molecule has 1 amide bonds. The number of amides is 1. The van der Waals surface area contributed by atoms with Gasteiger partial charge in [-0.15, -0.1) is 0 Å². The molecule has 0 aliphatic carbocycles. The number of anilines is 1. The Morgan fingerprint density at radius 2 is 1.92 bits per heavy atom. The van der Waals surface area contributed by atoms with E-state index in [0.717, 1.165) is 24.9 Å². The van der Waals surface area contributed by atoms with Gasteiger partial charge in [-0.2, -0.15) is 0 Å². The zero-order valence-electron chi connectivity index (χ0n) is 13.9. The molecule has 0 bridgehead atoms. The number of nitrogens with one attached hydrogen (secondary N) is 1. The van der Waals surface area contributed by atoms with Crippen LogP contribution in [0, 0.1) is 11.7 Å². The number of halogens is 4. The van der Waals surface area contributed by atoms with Gasteiger partial charge < -0.3 is 5.32 Å². The molecule has 1 N–H and O–H groups in total. The molecule has 3 rings (SSSR count). The van der Waals surface area contributed by atoms with E-state index in [-0.39, 0.29) is 16.8 Å². The lowest BCUT2D eigenvalue weighted by Gasteiger charge is -2.32. The molecular formula is C19H18Cl3FN2O. The highest BCUT2D eigenvalue weighted by molar-refractivity contribution is 6.42. The van der Waals surface area contributed by atoms with E-state index in [9.17, 15) is 9.18 Å². The fourth-order valence-corrected chi connectivity index (χ4v) is 3.63. The van der Waals surface area contributed by atoms with Gasteiger partial charge in [0.25, 0.3) is 0 Å². The number of piperidine rings is 1. The van der Waals surface area contributed by atoms with Crippen LogP contribution in [-0.2, 0) is 11.3 Å². The Bertz CT molecular complexity index is 815. The molecule has 0 spiro atoms. The SMILES string of the molecule is O=C(Nc1ccc(F)c(Cl)c1)C1CCCN(Cc2ccc(Cl)c(Cl)c2)C1. The second-order valence-electron chi connectivity index (χ2n) is 6.44. The summed E-state index contributed by atoms with van der Waals surface area (Å²) in [6.45, 7) is 2.29. The Morgan fingerprint density at radius 1 is 1.12 bits per heavy atom. The van der Waals surface area contributed by atoms with Crippen LogP contribution in [0.15, 0.2) is 36.4 Å². The smallest absolute Gasteiger partial charge is 0.228 e. The van der Waals surface area contributed by atoms with E-state index in [2.05, 4.69) is 10.2 Å². The van der Waals surface area contributed by atoms with Gasteiger partial charge in [-0.25, -0.2) is 4.39 Å². The van der Waals surface area contributed by atoms with Crippen LogP contribution in [0.2, 0.25) is 15.1 Å². The van der Waals surface area contributed by atoms with Gasteiger partial charge >= 0.3 is 0 Å². The summed E-state index contributed by atoms with van der Waals surface area (Å²) in [5, 5.41) is 3.88. The summed E-state index contributed by atoms with van der Waals surface area (Å²) in [5.41, 5.74) is 1.56. The van der Waals surface area contributed by atoms with Crippen molar-refractivity contribution in [2.45, 2.75) is 19.4 Å². The van der Waals surface area contributed by atoms with Crippen molar-refractivity contribution in [2.24, 2.45) is 5.92 Å². The topological polar surface area (TPSA) is 32.3 Å². The number of rotatable bonds is 4. The largest absolute Gasteiger partial charge is 0.326 e. The summed E-state index contributed by atoms with van der Waals surface area (Å²) in [7, 11) is 0. The van der Waals surface area contributed by atoms with Crippen LogP contribution in [0.4, 0.5) is 10.1 Å². The van der Waals surface area contributed by atoms with Crippen molar-refractivity contribution in [3.05, 3.63) is 62.8 Å². The summed E-state index contributed by atoms with van der Waals surface area (Å²) in [5.74, 6) is -0.711. The van der Waals surface area contributed by atoms with Gasteiger partial charge in [0.05, 0.1) is 21.0 Å². The second kappa shape index (κ2) is 8.57. The highest BCUT2D eigenvalue weighted by Crippen LogP contribution is 2.26. The molecule has 1 atom stereocenters. The van der Waals surface area contributed by atoms with Crippen LogP contribution in [0.1, 0.15) is 18.4 Å². The standard InChI is InChI=1S/C19H18Cl3FN2O/c20-15-5-3-12(8-16(15)21)10-25-7-1-2-13(11-25)19(26)24-14-4-6-18(23)17(22)9-14/h3-6,8-9,13H,1-2,7,10-11H2,(H,24,26). The average Bonchev–Trinajstić information content (AvgIpc) is 2.61. The number of benzene rings is 2. The zero-order chi connectivity index (χ0) is 18.7. The lowest BCUT2D eigenvalue weighted by molar-refractivity contribution is -0.121. The first-order chi connectivity index (χ1) is 12.4. The minimum atomic E-state index is -0.505. The van der Waals surface area contributed by atoms with Gasteiger partial charge in [-0.05, 0) is 55.3 Å². The molecule has 1 heterocycles. The quantitative estimate of drug-likeness (QED) is 0.701. The molecule has 0 saturated carbocycles. The number of carbonyl (C=O) groups excluding carboxylic acids is 1. The van der Waals surface area contributed by atoms with Gasteiger partial charge in [-0.3, -0.25) is 9.69 Å². The van der Waals surface area contributed by atoms with Crippen LogP contribution in [0.3, 0.4) is 0 Å². The van der Waals surface area contributed by atoms with E-state index in [4.69, 9.17) is 34.8 Å². The molecule has 1 aliphatic heterocycles. The molecule has 2 aromatic rings. The van der Waals surface area contributed by atoms with Gasteiger partial charge in [0, 0.05) is 18.8 Å². The fourth-order valence-electron chi connectivity index (χ4n) is 3.13. The molecule has 1 unspecified atom stereocenters. The maximum Gasteiger partial charge on any atom is 0.228 e. The number of carbonyl (C=O) groups is 1. The first-order valence-electron chi connectivity index (χ1n) is 8.34. The van der Waals surface area contributed by atoms with Crippen molar-refractivity contribution in [3.8, 4) is 0 Å². The van der Waals surface area contributed by atoms with Crippen molar-refractivity contribution in [2.75, 3.05) is 18.4 Å². The molecule has 138 valence electrons. The summed E-state index contributed by atoms with van der Waals surface area (Å²) >= 11 is 17.8. The van der Waals surface area contributed by atoms with Gasteiger partial charge in [0.15, 0.2) is 0 Å². The van der Waals surface area contributed by atoms with Crippen molar-refractivity contribution >= 4 is 46.4 Å². The molecule has 1 saturated heterocycles. The Labute approximate surface area is 167 Å². The van der Waals surface area contributed by atoms with E-state index < -0.39 is 5.82 Å². The maximum absolute atomic E-state index is 13.2. The summed E-state index contributed by atoms with van der Waals surface area (Å²) < 4.78 is 13.2. The van der Waals surface area contributed by atoms with E-state index in [1.807, 2.05) is 12.1 Å². The van der Waals surface area contributed by atoms with Crippen LogP contribution < -0.4 is 5.32 Å². The van der Waals surface area contributed by atoms with E-state index in [1.54, 1.807) is 6.07 Å². The van der Waals surface area contributed by atoms with E-state index in [1.165, 1.54) is 18.2 Å². The fraction of sp³-hybridized carbons (Fsp3) is 0.316. The van der Waals surface area contributed by atoms with Gasteiger partial charge in [-0.1, -0.05) is 40.9 Å². The monoisotopic (exact) mass is 414 g/mol. The third-order valence-corrected chi connectivity index (χ3v) is 5.48. The molecule has 0 aromatic heterocycles. The molecule has 1 aliphatic rings. The minimum Gasteiger partial charge on any atom is -0.326 e. The molecule has 3 nitrogen and oxygen atoms in total. The second-order valence-corrected chi connectivity index (χ2v) is 7.66. The first kappa shape index (κ1) is 19.4. The molecule has 1 fully saturated rings. The highest BCUT2D eigenvalue weighted by atomic mass is 35.5. The van der Waals surface area contributed by atoms with Crippen molar-refractivity contribution in [1.29, 1.82) is 0 Å². The lowest BCUT2D eigenvalue weighted by atomic mass is 9.96. The molecule has 0 radical (unpaired) electrons. The maximum atomic E-state index is 13.2. The predicted molar refractivity (Wildman–Crippen MR) is 105 cm³/mol. The van der Waals surface area contributed by atoms with Crippen LogP contribution in [0.5, 0.6) is 0 Å². The van der Waals surface area contributed by atoms with E-state index >= 15 is 0 Å². The molecule has 26 heavy (non-hydrogen) atoms. The normalized spacial score (nSPS) is 17.9. The first-order valence-corrected chi connectivity index (χ1v) is 9.48. The molecule has 7 heteroatoms. The Kier molecular flexibility index (Phi) is 6.41. The predicted octanol–water partition coefficient (Wildman–Crippen LogP) is 5.64. The van der Waals surface area contributed by atoms with Crippen LogP contribution in [0.25, 0.3) is 0 Å². The van der Waals surface area contributed by atoms with Gasteiger partial charge in [0.2, 0.25) is 5.91 Å². The molecular weight excluding hydrogens is 398 g/mol. The van der Waals surface area contributed by atoms with Gasteiger partial charge in [0.1, 0.15) is 5.82 Å². The summed E-state index contributed by atoms with van der Waals surface area (Å²) in [4.78, 5) is 14.8. The van der Waals surface area contributed by atoms with Crippen molar-refractivity contribution < 1.29 is 9.18 Å². The lowest BCUT2D eigenvalue weighted by Crippen LogP contribution is -2.40. The number of likely N-dealkylation sites (tertiary alicyclic amines) is 1. The van der Waals surface area contributed by atoms with E-state index in [0.29, 0.717) is 28.8 Å². The van der Waals surface area contributed by atoms with Crippen molar-refractivity contribution in [3.63, 3.8) is 0 Å². The van der Waals surface area contributed by atoms with Crippen molar-refractivity contribution in [1.82, 2.24) is 4.90 Å². The highest BCUT2D eigenvalue weighted by Gasteiger charge is 2.26. The number of hydrogen-bond acceptors (Lipinski definition) is 2. The number of hydrogen-bond donors (Lipinski definition) is 1. The zero-order valence-corrected chi connectivity index (χ0v) is 16.2. The summed E-state index contributed by atoms with van der Waals surface area (Å²) in [6, 6.07) is 9.76. The number of nitrogens with zero attached hydrogens (tertiary/aromatic N) is 1. The Balaban J connectivity index is 1.61. The minimum absolute atomic E-state index is 0.00677. The van der Waals surface area contributed by atoms with Crippen LogP contribution in [-0.4, -0.2) is 23.9 Å². The van der Waals surface area contributed by atoms with Crippen LogP contribution >= 0.6 is 34.8 Å². The third kappa shape index (κ3) is 4.89. The average molecular weight is 416 g/mol. The Morgan fingerprint density at radius 3 is 2.65 bits per heavy atom.